The van der Waals surface area contributed by atoms with E-state index in [2.05, 4.69) is 4.74 Å². The third-order valence-electron chi connectivity index (χ3n) is 8.82. The van der Waals surface area contributed by atoms with Crippen molar-refractivity contribution in [3.63, 3.8) is 0 Å². The third kappa shape index (κ3) is 5.91. The Morgan fingerprint density at radius 3 is 2.05 bits per heavy atom. The average molecular weight is 581 g/mol. The molecule has 5 fully saturated rings. The van der Waals surface area contributed by atoms with Crippen LogP contribution in [0, 0.1) is 23.2 Å². The van der Waals surface area contributed by atoms with E-state index in [1.165, 1.54) is 19.3 Å². The molecule has 1 heterocycles. The highest BCUT2D eigenvalue weighted by atomic mass is 32.2. The Labute approximate surface area is 225 Å². The number of carbonyl (C=O) groups is 4. The highest BCUT2D eigenvalue weighted by Gasteiger charge is 2.59. The van der Waals surface area contributed by atoms with Crippen LogP contribution in [0.15, 0.2) is 0 Å². The molecule has 1 saturated heterocycles. The lowest BCUT2D eigenvalue weighted by Crippen LogP contribution is -2.57. The van der Waals surface area contributed by atoms with Crippen molar-refractivity contribution in [1.82, 2.24) is 0 Å². The number of rotatable bonds is 10. The molecule has 1 aliphatic heterocycles. The van der Waals surface area contributed by atoms with Crippen molar-refractivity contribution in [2.24, 2.45) is 23.2 Å². The normalized spacial score (nSPS) is 32.9. The number of alkyl halides is 2. The van der Waals surface area contributed by atoms with Gasteiger partial charge in [0.25, 0.3) is 0 Å². The SMILES string of the molecule is CC(OC(=O)CCC(=O)OC1CC(C(=O)OC(C)(C)C23CC4CC(CC(C4)C2)C3)OC1=O)C(F)(F)S(=O)(=O)O. The van der Waals surface area contributed by atoms with Gasteiger partial charge in [-0.05, 0) is 77.0 Å². The number of ether oxygens (including phenoxy) is 4. The Hall–Kier alpha value is -2.35. The molecule has 14 heteroatoms. The molecule has 5 rings (SSSR count). The Morgan fingerprint density at radius 1 is 1.03 bits per heavy atom. The maximum Gasteiger partial charge on any atom is 0.405 e. The quantitative estimate of drug-likeness (QED) is 0.230. The fourth-order valence-corrected chi connectivity index (χ4v) is 7.49. The summed E-state index contributed by atoms with van der Waals surface area (Å²) in [6, 6.07) is 0. The first-order valence-corrected chi connectivity index (χ1v) is 14.5. The van der Waals surface area contributed by atoms with Crippen LogP contribution in [-0.2, 0) is 48.2 Å². The fourth-order valence-electron chi connectivity index (χ4n) is 7.03. The van der Waals surface area contributed by atoms with Gasteiger partial charge >= 0.3 is 39.2 Å². The number of carbonyl (C=O) groups excluding carboxylic acids is 4. The minimum atomic E-state index is -5.83. The number of cyclic esters (lactones) is 1. The van der Waals surface area contributed by atoms with Crippen LogP contribution in [0.4, 0.5) is 8.78 Å². The van der Waals surface area contributed by atoms with E-state index in [9.17, 15) is 36.4 Å². The highest BCUT2D eigenvalue weighted by Crippen LogP contribution is 2.64. The highest BCUT2D eigenvalue weighted by molar-refractivity contribution is 7.86. The van der Waals surface area contributed by atoms with Crippen LogP contribution < -0.4 is 0 Å². The lowest BCUT2D eigenvalue weighted by atomic mass is 9.46. The van der Waals surface area contributed by atoms with Crippen molar-refractivity contribution < 1.29 is 59.9 Å². The summed E-state index contributed by atoms with van der Waals surface area (Å²) in [7, 11) is -5.83. The summed E-state index contributed by atoms with van der Waals surface area (Å²) in [5.41, 5.74) is -0.895. The van der Waals surface area contributed by atoms with Gasteiger partial charge in [-0.3, -0.25) is 14.1 Å². The molecule has 0 radical (unpaired) electrons. The first-order valence-electron chi connectivity index (χ1n) is 13.1. The lowest BCUT2D eigenvalue weighted by molar-refractivity contribution is -0.206. The summed E-state index contributed by atoms with van der Waals surface area (Å²) in [6.07, 6.45) is -0.251. The van der Waals surface area contributed by atoms with Gasteiger partial charge in [0.15, 0.2) is 6.10 Å². The van der Waals surface area contributed by atoms with Gasteiger partial charge in [-0.25, -0.2) is 9.59 Å². The molecule has 39 heavy (non-hydrogen) atoms. The Balaban J connectivity index is 1.25. The van der Waals surface area contributed by atoms with Gasteiger partial charge in [0.2, 0.25) is 12.2 Å². The van der Waals surface area contributed by atoms with Crippen LogP contribution >= 0.6 is 0 Å². The molecule has 0 amide bonds. The van der Waals surface area contributed by atoms with Crippen LogP contribution in [0.3, 0.4) is 0 Å². The summed E-state index contributed by atoms with van der Waals surface area (Å²) in [5, 5.41) is -4.75. The molecule has 0 aromatic heterocycles. The van der Waals surface area contributed by atoms with E-state index >= 15 is 0 Å². The van der Waals surface area contributed by atoms with Gasteiger partial charge in [0, 0.05) is 11.8 Å². The Bertz CT molecular complexity index is 1100. The second-order valence-corrected chi connectivity index (χ2v) is 13.4. The molecular weight excluding hydrogens is 546 g/mol. The second kappa shape index (κ2) is 10.2. The summed E-state index contributed by atoms with van der Waals surface area (Å²) in [4.78, 5) is 49.1. The molecule has 0 spiro atoms. The second-order valence-electron chi connectivity index (χ2n) is 11.9. The van der Waals surface area contributed by atoms with Gasteiger partial charge in [0.1, 0.15) is 5.60 Å². The maximum atomic E-state index is 13.5. The van der Waals surface area contributed by atoms with Crippen molar-refractivity contribution >= 4 is 34.0 Å². The number of esters is 4. The van der Waals surface area contributed by atoms with Gasteiger partial charge < -0.3 is 18.9 Å². The van der Waals surface area contributed by atoms with E-state index < -0.39 is 76.0 Å². The summed E-state index contributed by atoms with van der Waals surface area (Å²) >= 11 is 0. The smallest absolute Gasteiger partial charge is 0.405 e. The van der Waals surface area contributed by atoms with Crippen LogP contribution in [0.5, 0.6) is 0 Å². The van der Waals surface area contributed by atoms with Crippen LogP contribution in [0.1, 0.15) is 78.6 Å². The van der Waals surface area contributed by atoms with E-state index in [-0.39, 0.29) is 11.8 Å². The minimum absolute atomic E-state index is 0.122. The first kappa shape index (κ1) is 29.6. The monoisotopic (exact) mass is 580 g/mol. The molecule has 4 saturated carbocycles. The molecule has 0 aromatic carbocycles. The third-order valence-corrected chi connectivity index (χ3v) is 9.84. The largest absolute Gasteiger partial charge is 0.456 e. The molecule has 220 valence electrons. The summed E-state index contributed by atoms with van der Waals surface area (Å²) in [6.45, 7) is 4.36. The zero-order valence-corrected chi connectivity index (χ0v) is 22.8. The van der Waals surface area contributed by atoms with E-state index in [1.54, 1.807) is 0 Å². The zero-order chi connectivity index (χ0) is 29.0. The zero-order valence-electron chi connectivity index (χ0n) is 22.0. The van der Waals surface area contributed by atoms with Gasteiger partial charge in [-0.1, -0.05) is 0 Å². The van der Waals surface area contributed by atoms with Gasteiger partial charge in [-0.15, -0.1) is 0 Å². The predicted octanol–water partition coefficient (Wildman–Crippen LogP) is 2.94. The van der Waals surface area contributed by atoms with Gasteiger partial charge in [-0.2, -0.15) is 17.2 Å². The average Bonchev–Trinajstić information content (AvgIpc) is 3.16. The lowest BCUT2D eigenvalue weighted by Gasteiger charge is -2.61. The van der Waals surface area contributed by atoms with Crippen molar-refractivity contribution in [2.75, 3.05) is 0 Å². The Kier molecular flexibility index (Phi) is 7.78. The molecular formula is C25H34F2O11S. The van der Waals surface area contributed by atoms with Crippen LogP contribution in [-0.4, -0.2) is 66.0 Å². The van der Waals surface area contributed by atoms with Crippen LogP contribution in [0.2, 0.25) is 0 Å². The fraction of sp³-hybridized carbons (Fsp3) is 0.840. The summed E-state index contributed by atoms with van der Waals surface area (Å²) < 4.78 is 77.3. The number of halogens is 2. The molecule has 0 aromatic rings. The first-order chi connectivity index (χ1) is 17.9. The standard InChI is InChI=1S/C25H34F2O11S/c1-13(25(26,27)39(32,33)34)35-19(28)4-5-20(29)36-17-9-18(37-21(17)30)22(31)38-23(2,3)24-10-14-6-15(11-24)8-16(7-14)12-24/h13-18H,4-12H2,1-3H3,(H,32,33,34). The Morgan fingerprint density at radius 2 is 1.54 bits per heavy atom. The van der Waals surface area contributed by atoms with Crippen LogP contribution in [0.25, 0.3) is 0 Å². The molecule has 3 unspecified atom stereocenters. The minimum Gasteiger partial charge on any atom is -0.456 e. The van der Waals surface area contributed by atoms with Crippen molar-refractivity contribution in [1.29, 1.82) is 0 Å². The summed E-state index contributed by atoms with van der Waals surface area (Å²) in [5.74, 6) is -2.18. The molecule has 4 bridgehead atoms. The van der Waals surface area contributed by atoms with Crippen molar-refractivity contribution in [2.45, 2.75) is 108 Å². The maximum absolute atomic E-state index is 13.5. The van der Waals surface area contributed by atoms with Crippen molar-refractivity contribution in [3.8, 4) is 0 Å². The van der Waals surface area contributed by atoms with E-state index in [4.69, 9.17) is 18.8 Å². The van der Waals surface area contributed by atoms with Crippen molar-refractivity contribution in [3.05, 3.63) is 0 Å². The number of hydrogen-bond acceptors (Lipinski definition) is 10. The topological polar surface area (TPSA) is 160 Å². The molecule has 11 nitrogen and oxygen atoms in total. The van der Waals surface area contributed by atoms with Gasteiger partial charge in [0.05, 0.1) is 12.8 Å². The molecule has 3 atom stereocenters. The van der Waals surface area contributed by atoms with E-state index in [0.29, 0.717) is 24.7 Å². The van der Waals surface area contributed by atoms with E-state index in [0.717, 1.165) is 19.3 Å². The predicted molar refractivity (Wildman–Crippen MR) is 126 cm³/mol. The molecule has 4 aliphatic carbocycles. The molecule has 5 aliphatic rings. The molecule has 1 N–H and O–H groups in total. The number of hydrogen-bond donors (Lipinski definition) is 1. The van der Waals surface area contributed by atoms with E-state index in [1.807, 2.05) is 13.8 Å².